The number of aromatic nitrogens is 2. The zero-order valence-corrected chi connectivity index (χ0v) is 11.8. The van der Waals surface area contributed by atoms with Gasteiger partial charge in [-0.1, -0.05) is 44.2 Å². The van der Waals surface area contributed by atoms with Crippen LogP contribution in [0.2, 0.25) is 0 Å². The van der Waals surface area contributed by atoms with Gasteiger partial charge in [0, 0.05) is 17.8 Å². The second-order valence-corrected chi connectivity index (χ2v) is 4.88. The first-order chi connectivity index (χ1) is 9.33. The Kier molecular flexibility index (Phi) is 5.16. The average Bonchev–Trinajstić information content (AvgIpc) is 2.93. The van der Waals surface area contributed by atoms with Crippen molar-refractivity contribution >= 4 is 0 Å². The molecule has 3 nitrogen and oxygen atoms in total. The highest BCUT2D eigenvalue weighted by atomic mass is 15.3. The van der Waals surface area contributed by atoms with Gasteiger partial charge in [-0.05, 0) is 24.9 Å². The van der Waals surface area contributed by atoms with Crippen LogP contribution in [0.1, 0.15) is 26.7 Å². The van der Waals surface area contributed by atoms with Crippen molar-refractivity contribution in [3.8, 4) is 11.1 Å². The summed E-state index contributed by atoms with van der Waals surface area (Å²) in [7, 11) is 0. The fraction of sp³-hybridized carbons (Fsp3) is 0.438. The fourth-order valence-corrected chi connectivity index (χ4v) is 2.16. The lowest BCUT2D eigenvalue weighted by Crippen LogP contribution is -2.33. The summed E-state index contributed by atoms with van der Waals surface area (Å²) in [4.78, 5) is 0. The Balaban J connectivity index is 2.01. The van der Waals surface area contributed by atoms with E-state index in [1.54, 1.807) is 0 Å². The second-order valence-electron chi connectivity index (χ2n) is 4.88. The molecule has 1 unspecified atom stereocenters. The molecular weight excluding hydrogens is 234 g/mol. The van der Waals surface area contributed by atoms with Crippen LogP contribution >= 0.6 is 0 Å². The van der Waals surface area contributed by atoms with Crippen LogP contribution < -0.4 is 5.32 Å². The summed E-state index contributed by atoms with van der Waals surface area (Å²) >= 11 is 0. The van der Waals surface area contributed by atoms with E-state index >= 15 is 0 Å². The van der Waals surface area contributed by atoms with E-state index in [-0.39, 0.29) is 0 Å². The lowest BCUT2D eigenvalue weighted by atomic mass is 10.1. The van der Waals surface area contributed by atoms with Gasteiger partial charge in [-0.3, -0.25) is 4.68 Å². The predicted octanol–water partition coefficient (Wildman–Crippen LogP) is 3.33. The summed E-state index contributed by atoms with van der Waals surface area (Å²) < 4.78 is 2.04. The van der Waals surface area contributed by atoms with Crippen molar-refractivity contribution in [2.75, 3.05) is 6.54 Å². The first kappa shape index (κ1) is 13.8. The zero-order valence-electron chi connectivity index (χ0n) is 11.8. The molecule has 2 aromatic rings. The third-order valence-corrected chi connectivity index (χ3v) is 3.32. The van der Waals surface area contributed by atoms with E-state index < -0.39 is 0 Å². The van der Waals surface area contributed by atoms with E-state index in [2.05, 4.69) is 54.7 Å². The molecule has 102 valence electrons. The Morgan fingerprint density at radius 1 is 1.16 bits per heavy atom. The lowest BCUT2D eigenvalue weighted by molar-refractivity contribution is 0.416. The highest BCUT2D eigenvalue weighted by Crippen LogP contribution is 2.17. The molecule has 1 N–H and O–H groups in total. The number of benzene rings is 1. The Morgan fingerprint density at radius 3 is 2.63 bits per heavy atom. The van der Waals surface area contributed by atoms with Crippen LogP contribution in [-0.2, 0) is 6.54 Å². The average molecular weight is 257 g/mol. The van der Waals surface area contributed by atoms with E-state index in [0.717, 1.165) is 19.5 Å². The zero-order chi connectivity index (χ0) is 13.5. The van der Waals surface area contributed by atoms with Crippen molar-refractivity contribution < 1.29 is 0 Å². The molecule has 0 aliphatic rings. The molecule has 1 aromatic heterocycles. The number of hydrogen-bond acceptors (Lipinski definition) is 2. The highest BCUT2D eigenvalue weighted by molar-refractivity contribution is 5.61. The minimum atomic E-state index is 0.503. The standard InChI is InChI=1S/C16H23N3/c1-3-10-17-16(4-2)13-19-12-15(11-18-19)14-8-6-5-7-9-14/h5-9,11-12,16-17H,3-4,10,13H2,1-2H3. The Morgan fingerprint density at radius 2 is 1.95 bits per heavy atom. The van der Waals surface area contributed by atoms with Crippen molar-refractivity contribution in [3.63, 3.8) is 0 Å². The van der Waals surface area contributed by atoms with Gasteiger partial charge in [0.1, 0.15) is 0 Å². The summed E-state index contributed by atoms with van der Waals surface area (Å²) in [6.07, 6.45) is 6.37. The number of nitrogens with zero attached hydrogens (tertiary/aromatic N) is 2. The van der Waals surface area contributed by atoms with E-state index in [0.29, 0.717) is 6.04 Å². The minimum Gasteiger partial charge on any atom is -0.312 e. The van der Waals surface area contributed by atoms with Crippen molar-refractivity contribution in [1.29, 1.82) is 0 Å². The summed E-state index contributed by atoms with van der Waals surface area (Å²) in [6, 6.07) is 10.9. The molecule has 1 heterocycles. The van der Waals surface area contributed by atoms with Gasteiger partial charge in [0.05, 0.1) is 12.7 Å². The molecule has 0 amide bonds. The SMILES string of the molecule is CCCNC(CC)Cn1cc(-c2ccccc2)cn1. The third kappa shape index (κ3) is 3.93. The highest BCUT2D eigenvalue weighted by Gasteiger charge is 2.07. The summed E-state index contributed by atoms with van der Waals surface area (Å²) in [5, 5.41) is 8.02. The molecule has 0 bridgehead atoms. The molecule has 0 saturated carbocycles. The summed E-state index contributed by atoms with van der Waals surface area (Å²) in [6.45, 7) is 6.42. The van der Waals surface area contributed by atoms with Gasteiger partial charge in [-0.2, -0.15) is 5.10 Å². The maximum Gasteiger partial charge on any atom is 0.0568 e. The van der Waals surface area contributed by atoms with Gasteiger partial charge in [0.2, 0.25) is 0 Å². The number of rotatable bonds is 7. The molecule has 19 heavy (non-hydrogen) atoms. The van der Waals surface area contributed by atoms with Gasteiger partial charge >= 0.3 is 0 Å². The monoisotopic (exact) mass is 257 g/mol. The van der Waals surface area contributed by atoms with Crippen LogP contribution in [0.15, 0.2) is 42.7 Å². The van der Waals surface area contributed by atoms with Crippen molar-refractivity contribution in [2.45, 2.75) is 39.3 Å². The third-order valence-electron chi connectivity index (χ3n) is 3.32. The quantitative estimate of drug-likeness (QED) is 0.824. The molecule has 0 fully saturated rings. The number of nitrogens with one attached hydrogen (secondary N) is 1. The second kappa shape index (κ2) is 7.10. The predicted molar refractivity (Wildman–Crippen MR) is 80.0 cm³/mol. The van der Waals surface area contributed by atoms with Crippen molar-refractivity contribution in [1.82, 2.24) is 15.1 Å². The molecule has 0 spiro atoms. The van der Waals surface area contributed by atoms with Gasteiger partial charge < -0.3 is 5.32 Å². The lowest BCUT2D eigenvalue weighted by Gasteiger charge is -2.16. The maximum atomic E-state index is 4.47. The maximum absolute atomic E-state index is 4.47. The van der Waals surface area contributed by atoms with Gasteiger partial charge in [0.25, 0.3) is 0 Å². The molecule has 1 atom stereocenters. The normalized spacial score (nSPS) is 12.5. The Hall–Kier alpha value is -1.61. The largest absolute Gasteiger partial charge is 0.312 e. The van der Waals surface area contributed by atoms with E-state index in [1.807, 2.05) is 16.9 Å². The molecule has 1 aromatic carbocycles. The molecule has 0 aliphatic carbocycles. The molecule has 3 heteroatoms. The van der Waals surface area contributed by atoms with E-state index in [9.17, 15) is 0 Å². The summed E-state index contributed by atoms with van der Waals surface area (Å²) in [5.74, 6) is 0. The van der Waals surface area contributed by atoms with Gasteiger partial charge in [-0.15, -0.1) is 0 Å². The first-order valence-electron chi connectivity index (χ1n) is 7.14. The van der Waals surface area contributed by atoms with Crippen LogP contribution in [0.5, 0.6) is 0 Å². The van der Waals surface area contributed by atoms with Crippen molar-refractivity contribution in [3.05, 3.63) is 42.7 Å². The molecule has 0 aliphatic heterocycles. The van der Waals surface area contributed by atoms with Gasteiger partial charge in [0.15, 0.2) is 0 Å². The van der Waals surface area contributed by atoms with Crippen LogP contribution in [-0.4, -0.2) is 22.4 Å². The van der Waals surface area contributed by atoms with Crippen LogP contribution in [0.25, 0.3) is 11.1 Å². The number of hydrogen-bond donors (Lipinski definition) is 1. The van der Waals surface area contributed by atoms with Crippen LogP contribution in [0.3, 0.4) is 0 Å². The fourth-order valence-electron chi connectivity index (χ4n) is 2.16. The molecule has 0 saturated heterocycles. The molecular formula is C16H23N3. The van der Waals surface area contributed by atoms with E-state index in [4.69, 9.17) is 0 Å². The van der Waals surface area contributed by atoms with Gasteiger partial charge in [-0.25, -0.2) is 0 Å². The minimum absolute atomic E-state index is 0.503. The molecule has 0 radical (unpaired) electrons. The molecule has 2 rings (SSSR count). The smallest absolute Gasteiger partial charge is 0.0568 e. The van der Waals surface area contributed by atoms with Crippen molar-refractivity contribution in [2.24, 2.45) is 0 Å². The van der Waals surface area contributed by atoms with E-state index in [1.165, 1.54) is 17.5 Å². The topological polar surface area (TPSA) is 29.9 Å². The first-order valence-corrected chi connectivity index (χ1v) is 7.14. The Labute approximate surface area is 115 Å². The van der Waals surface area contributed by atoms with Crippen LogP contribution in [0, 0.1) is 0 Å². The summed E-state index contributed by atoms with van der Waals surface area (Å²) in [5.41, 5.74) is 2.41. The Bertz CT molecular complexity index is 476. The van der Waals surface area contributed by atoms with Crippen LogP contribution in [0.4, 0.5) is 0 Å².